The first kappa shape index (κ1) is 21.3. The Bertz CT molecular complexity index is 1300. The summed E-state index contributed by atoms with van der Waals surface area (Å²) in [5.41, 5.74) is 5.01. The highest BCUT2D eigenvalue weighted by molar-refractivity contribution is 5.72. The summed E-state index contributed by atoms with van der Waals surface area (Å²) in [7, 11) is 0. The molecular weight excluding hydrogens is 400 g/mol. The molecule has 0 aliphatic carbocycles. The summed E-state index contributed by atoms with van der Waals surface area (Å²) >= 11 is 0. The van der Waals surface area contributed by atoms with Gasteiger partial charge in [0.25, 0.3) is 0 Å². The van der Waals surface area contributed by atoms with Gasteiger partial charge in [-0.25, -0.2) is 4.79 Å². The first-order chi connectivity index (χ1) is 15.6. The van der Waals surface area contributed by atoms with Gasteiger partial charge in [0, 0.05) is 17.8 Å². The van der Waals surface area contributed by atoms with E-state index in [0.29, 0.717) is 13.0 Å². The van der Waals surface area contributed by atoms with Gasteiger partial charge < -0.3 is 0 Å². The molecule has 162 valence electrons. The molecule has 0 aliphatic rings. The number of nitrogens with zero attached hydrogens (tertiary/aromatic N) is 6. The lowest BCUT2D eigenvalue weighted by Crippen LogP contribution is -2.27. The third-order valence-corrected chi connectivity index (χ3v) is 5.70. The zero-order chi connectivity index (χ0) is 22.5. The first-order valence-electron chi connectivity index (χ1n) is 10.7. The summed E-state index contributed by atoms with van der Waals surface area (Å²) in [6, 6.07) is 16.4. The molecule has 0 saturated carbocycles. The van der Waals surface area contributed by atoms with Gasteiger partial charge in [0.2, 0.25) is 0 Å². The smallest absolute Gasteiger partial charge is 0.296 e. The van der Waals surface area contributed by atoms with E-state index < -0.39 is 0 Å². The molecule has 7 nitrogen and oxygen atoms in total. The van der Waals surface area contributed by atoms with Gasteiger partial charge in [0.15, 0.2) is 0 Å². The molecule has 2 aromatic carbocycles. The summed E-state index contributed by atoms with van der Waals surface area (Å²) in [5, 5.41) is 11.5. The van der Waals surface area contributed by atoms with Crippen LogP contribution in [-0.4, -0.2) is 29.3 Å². The number of tetrazole rings is 1. The Kier molecular flexibility index (Phi) is 6.31. The molecule has 0 amide bonds. The molecule has 4 aromatic rings. The average Bonchev–Trinajstić information content (AvgIpc) is 3.47. The van der Waals surface area contributed by atoms with Gasteiger partial charge in [-0.05, 0) is 47.9 Å². The minimum atomic E-state index is 0.0142. The molecule has 0 fully saturated rings. The minimum Gasteiger partial charge on any atom is -0.296 e. The van der Waals surface area contributed by atoms with Crippen LogP contribution in [0.25, 0.3) is 16.8 Å². The number of benzene rings is 2. The number of rotatable bonds is 7. The van der Waals surface area contributed by atoms with Crippen LogP contribution in [0, 0.1) is 11.8 Å². The number of hydrogen-bond donors (Lipinski definition) is 0. The Morgan fingerprint density at radius 3 is 2.56 bits per heavy atom. The van der Waals surface area contributed by atoms with Gasteiger partial charge in [-0.2, -0.15) is 4.68 Å². The monoisotopic (exact) mass is 426 g/mol. The van der Waals surface area contributed by atoms with E-state index in [2.05, 4.69) is 65.5 Å². The average molecular weight is 427 g/mol. The molecule has 7 heteroatoms. The number of para-hydroxylation sites is 1. The molecule has 0 bridgehead atoms. The lowest BCUT2D eigenvalue weighted by atomic mass is 10.0. The molecule has 2 aromatic heterocycles. The fraction of sp³-hybridized carbons (Fsp3) is 0.280. The van der Waals surface area contributed by atoms with Crippen molar-refractivity contribution in [3.63, 3.8) is 0 Å². The van der Waals surface area contributed by atoms with Crippen LogP contribution in [0.1, 0.15) is 44.5 Å². The van der Waals surface area contributed by atoms with E-state index in [9.17, 15) is 4.79 Å². The molecule has 0 spiro atoms. The van der Waals surface area contributed by atoms with E-state index in [4.69, 9.17) is 0 Å². The van der Waals surface area contributed by atoms with Gasteiger partial charge in [-0.1, -0.05) is 55.3 Å². The second-order valence-corrected chi connectivity index (χ2v) is 7.73. The third-order valence-electron chi connectivity index (χ3n) is 5.70. The zero-order valence-corrected chi connectivity index (χ0v) is 18.6. The Morgan fingerprint density at radius 2 is 1.88 bits per heavy atom. The summed E-state index contributed by atoms with van der Waals surface area (Å²) < 4.78 is 5.31. The Hall–Kier alpha value is -3.92. The van der Waals surface area contributed by atoms with Gasteiger partial charge in [-0.15, -0.1) is 11.0 Å². The van der Waals surface area contributed by atoms with Crippen molar-refractivity contribution in [2.45, 2.75) is 46.2 Å². The van der Waals surface area contributed by atoms with E-state index in [-0.39, 0.29) is 11.7 Å². The van der Waals surface area contributed by atoms with Crippen molar-refractivity contribution in [1.29, 1.82) is 0 Å². The maximum Gasteiger partial charge on any atom is 0.328 e. The van der Waals surface area contributed by atoms with Crippen LogP contribution in [-0.2, 0) is 13.0 Å². The van der Waals surface area contributed by atoms with Crippen LogP contribution in [0.5, 0.6) is 0 Å². The summed E-state index contributed by atoms with van der Waals surface area (Å²) in [5.74, 6) is 6.03. The maximum atomic E-state index is 13.1. The van der Waals surface area contributed by atoms with E-state index in [1.807, 2.05) is 46.5 Å². The van der Waals surface area contributed by atoms with Crippen LogP contribution in [0.3, 0.4) is 0 Å². The van der Waals surface area contributed by atoms with Gasteiger partial charge in [0.1, 0.15) is 6.33 Å². The molecule has 0 saturated heterocycles. The lowest BCUT2D eigenvalue weighted by Gasteiger charge is -2.11. The molecule has 4 rings (SSSR count). The molecule has 32 heavy (non-hydrogen) atoms. The molecule has 0 aliphatic heterocycles. The van der Waals surface area contributed by atoms with E-state index in [1.165, 1.54) is 0 Å². The van der Waals surface area contributed by atoms with Crippen LogP contribution < -0.4 is 5.69 Å². The predicted molar refractivity (Wildman–Crippen MR) is 125 cm³/mol. The quantitative estimate of drug-likeness (QED) is 0.421. The van der Waals surface area contributed by atoms with Crippen molar-refractivity contribution in [3.05, 3.63) is 82.8 Å². The topological polar surface area (TPSA) is 70.5 Å². The molecule has 1 atom stereocenters. The normalized spacial score (nSPS) is 11.7. The van der Waals surface area contributed by atoms with Crippen molar-refractivity contribution < 1.29 is 0 Å². The molecule has 0 N–H and O–H groups in total. The maximum absolute atomic E-state index is 13.1. The Morgan fingerprint density at radius 1 is 1.09 bits per heavy atom. The third kappa shape index (κ3) is 4.26. The van der Waals surface area contributed by atoms with E-state index >= 15 is 0 Å². The Balaban J connectivity index is 1.65. The van der Waals surface area contributed by atoms with Crippen LogP contribution in [0.4, 0.5) is 0 Å². The van der Waals surface area contributed by atoms with Gasteiger partial charge >= 0.3 is 5.69 Å². The summed E-state index contributed by atoms with van der Waals surface area (Å²) in [4.78, 5) is 13.1. The number of aromatic nitrogens is 6. The van der Waals surface area contributed by atoms with Crippen LogP contribution in [0.15, 0.2) is 65.8 Å². The largest absolute Gasteiger partial charge is 0.328 e. The van der Waals surface area contributed by atoms with Crippen molar-refractivity contribution in [1.82, 2.24) is 29.3 Å². The zero-order valence-electron chi connectivity index (χ0n) is 18.6. The minimum absolute atomic E-state index is 0.0142. The summed E-state index contributed by atoms with van der Waals surface area (Å²) in [6.07, 6.45) is 5.00. The van der Waals surface area contributed by atoms with E-state index in [0.717, 1.165) is 34.5 Å². The SMILES string of the molecule is CC#CCc1cn(C(C)CC)c(=O)n1Cc1ccc(-c2ccccc2-n2cnnn2)cc1. The van der Waals surface area contributed by atoms with Crippen molar-refractivity contribution in [2.75, 3.05) is 0 Å². The fourth-order valence-corrected chi connectivity index (χ4v) is 3.71. The first-order valence-corrected chi connectivity index (χ1v) is 10.7. The molecule has 2 heterocycles. The second-order valence-electron chi connectivity index (χ2n) is 7.73. The van der Waals surface area contributed by atoms with Crippen LogP contribution in [0.2, 0.25) is 0 Å². The highest BCUT2D eigenvalue weighted by Gasteiger charge is 2.15. The standard InChI is InChI=1S/C25H26N6O/c1-4-6-9-22-17-29(19(3)5-2)25(32)30(22)16-20-12-14-21(15-13-20)23-10-7-8-11-24(23)31-18-26-27-28-31/h7-8,10-15,17-19H,5,9,16H2,1-3H3. The summed E-state index contributed by atoms with van der Waals surface area (Å²) in [6.45, 7) is 6.49. The van der Waals surface area contributed by atoms with Crippen molar-refractivity contribution in [3.8, 4) is 28.7 Å². The fourth-order valence-electron chi connectivity index (χ4n) is 3.71. The van der Waals surface area contributed by atoms with Gasteiger partial charge in [-0.3, -0.25) is 9.13 Å². The molecule has 0 radical (unpaired) electrons. The molecule has 1 unspecified atom stereocenters. The van der Waals surface area contributed by atoms with Crippen LogP contribution >= 0.6 is 0 Å². The van der Waals surface area contributed by atoms with Crippen molar-refractivity contribution >= 4 is 0 Å². The number of hydrogen-bond acceptors (Lipinski definition) is 4. The van der Waals surface area contributed by atoms with Crippen molar-refractivity contribution in [2.24, 2.45) is 0 Å². The number of imidazole rings is 1. The second kappa shape index (κ2) is 9.48. The van der Waals surface area contributed by atoms with E-state index in [1.54, 1.807) is 11.0 Å². The van der Waals surface area contributed by atoms with Gasteiger partial charge in [0.05, 0.1) is 24.3 Å². The molecular formula is C25H26N6O. The predicted octanol–water partition coefficient (Wildman–Crippen LogP) is 3.88. The highest BCUT2D eigenvalue weighted by Crippen LogP contribution is 2.26. The lowest BCUT2D eigenvalue weighted by molar-refractivity contribution is 0.504. The highest BCUT2D eigenvalue weighted by atomic mass is 16.1. The Labute approximate surface area is 187 Å².